The zero-order valence-corrected chi connectivity index (χ0v) is 9.36. The Morgan fingerprint density at radius 1 is 1.18 bits per heavy atom. The van der Waals surface area contributed by atoms with Gasteiger partial charge in [0, 0.05) is 17.1 Å². The van der Waals surface area contributed by atoms with Gasteiger partial charge in [0.05, 0.1) is 12.5 Å². The Balaban J connectivity index is 2.56. The molecule has 17 heavy (non-hydrogen) atoms. The van der Waals surface area contributed by atoms with Crippen molar-refractivity contribution in [3.63, 3.8) is 0 Å². The number of para-hydroxylation sites is 1. The topological polar surface area (TPSA) is 74.4 Å². The fraction of sp³-hybridized carbons (Fsp3) is 0.0769. The lowest BCUT2D eigenvalue weighted by Crippen LogP contribution is -1.95. The molecule has 0 spiro atoms. The summed E-state index contributed by atoms with van der Waals surface area (Å²) >= 11 is 0. The fourth-order valence-corrected chi connectivity index (χ4v) is 2.09. The van der Waals surface area contributed by atoms with E-state index in [9.17, 15) is 0 Å². The van der Waals surface area contributed by atoms with Gasteiger partial charge in [-0.25, -0.2) is 0 Å². The number of fused-ring (bicyclic) bond motifs is 3. The number of nitrogen functional groups attached to an aromatic ring is 2. The van der Waals surface area contributed by atoms with Gasteiger partial charge in [-0.2, -0.15) is 0 Å². The zero-order valence-electron chi connectivity index (χ0n) is 9.36. The molecular weight excluding hydrogens is 216 g/mol. The lowest BCUT2D eigenvalue weighted by atomic mass is 10.1. The van der Waals surface area contributed by atoms with Crippen LogP contribution in [0, 0.1) is 0 Å². The summed E-state index contributed by atoms with van der Waals surface area (Å²) in [6.45, 7) is 0. The molecule has 3 aromatic rings. The molecule has 0 saturated carbocycles. The number of hydrogen-bond acceptors (Lipinski definition) is 4. The van der Waals surface area contributed by atoms with Crippen molar-refractivity contribution in [2.24, 2.45) is 0 Å². The van der Waals surface area contributed by atoms with Gasteiger partial charge in [-0.05, 0) is 6.07 Å². The van der Waals surface area contributed by atoms with E-state index in [-0.39, 0.29) is 0 Å². The molecule has 3 rings (SSSR count). The van der Waals surface area contributed by atoms with Crippen molar-refractivity contribution in [3.05, 3.63) is 30.3 Å². The van der Waals surface area contributed by atoms with Crippen LogP contribution in [-0.2, 0) is 0 Å². The molecule has 4 N–H and O–H groups in total. The van der Waals surface area contributed by atoms with Gasteiger partial charge < -0.3 is 20.6 Å². The monoisotopic (exact) mass is 228 g/mol. The molecule has 2 aromatic carbocycles. The van der Waals surface area contributed by atoms with Gasteiger partial charge >= 0.3 is 0 Å². The van der Waals surface area contributed by atoms with Gasteiger partial charge in [0.15, 0.2) is 5.58 Å². The predicted molar refractivity (Wildman–Crippen MR) is 69.1 cm³/mol. The van der Waals surface area contributed by atoms with Gasteiger partial charge in [0.25, 0.3) is 0 Å². The summed E-state index contributed by atoms with van der Waals surface area (Å²) in [7, 11) is 1.56. The quantitative estimate of drug-likeness (QED) is 0.628. The van der Waals surface area contributed by atoms with Crippen LogP contribution in [0.1, 0.15) is 0 Å². The van der Waals surface area contributed by atoms with Crippen LogP contribution in [0.25, 0.3) is 21.9 Å². The molecule has 86 valence electrons. The van der Waals surface area contributed by atoms with Crippen molar-refractivity contribution in [1.82, 2.24) is 0 Å². The highest BCUT2D eigenvalue weighted by molar-refractivity contribution is 6.15. The number of methoxy groups -OCH3 is 1. The van der Waals surface area contributed by atoms with E-state index in [1.807, 2.05) is 24.3 Å². The molecule has 0 bridgehead atoms. The van der Waals surface area contributed by atoms with Crippen LogP contribution < -0.4 is 16.2 Å². The molecule has 0 amide bonds. The predicted octanol–water partition coefficient (Wildman–Crippen LogP) is 2.76. The smallest absolute Gasteiger partial charge is 0.164 e. The summed E-state index contributed by atoms with van der Waals surface area (Å²) in [4.78, 5) is 0. The van der Waals surface area contributed by atoms with Crippen molar-refractivity contribution >= 4 is 33.3 Å². The maximum absolute atomic E-state index is 6.02. The Labute approximate surface area is 97.7 Å². The van der Waals surface area contributed by atoms with E-state index < -0.39 is 0 Å². The molecule has 0 radical (unpaired) electrons. The number of rotatable bonds is 1. The second kappa shape index (κ2) is 3.31. The summed E-state index contributed by atoms with van der Waals surface area (Å²) < 4.78 is 10.9. The van der Waals surface area contributed by atoms with E-state index in [2.05, 4.69) is 0 Å². The molecule has 0 aliphatic heterocycles. The summed E-state index contributed by atoms with van der Waals surface area (Å²) in [5.74, 6) is 0.536. The Morgan fingerprint density at radius 3 is 2.71 bits per heavy atom. The van der Waals surface area contributed by atoms with Crippen molar-refractivity contribution in [1.29, 1.82) is 0 Å². The molecule has 0 aliphatic carbocycles. The van der Waals surface area contributed by atoms with Gasteiger partial charge in [0.1, 0.15) is 17.0 Å². The first-order valence-corrected chi connectivity index (χ1v) is 5.25. The first-order valence-electron chi connectivity index (χ1n) is 5.25. The number of benzene rings is 2. The van der Waals surface area contributed by atoms with Crippen LogP contribution in [0.2, 0.25) is 0 Å². The molecule has 0 fully saturated rings. The third kappa shape index (κ3) is 1.24. The zero-order chi connectivity index (χ0) is 12.0. The highest BCUT2D eigenvalue weighted by atomic mass is 16.5. The second-order valence-electron chi connectivity index (χ2n) is 3.88. The van der Waals surface area contributed by atoms with Crippen molar-refractivity contribution < 1.29 is 9.15 Å². The van der Waals surface area contributed by atoms with E-state index in [0.717, 1.165) is 16.4 Å². The molecule has 0 unspecified atom stereocenters. The highest BCUT2D eigenvalue weighted by Gasteiger charge is 2.15. The summed E-state index contributed by atoms with van der Waals surface area (Å²) in [6, 6.07) is 9.43. The van der Waals surface area contributed by atoms with Crippen LogP contribution in [0.5, 0.6) is 5.75 Å². The Bertz CT molecular complexity index is 716. The summed E-state index contributed by atoms with van der Waals surface area (Å²) in [5, 5.41) is 1.81. The van der Waals surface area contributed by atoms with E-state index >= 15 is 0 Å². The minimum atomic E-state index is 0.480. The van der Waals surface area contributed by atoms with Crippen LogP contribution in [0.3, 0.4) is 0 Å². The number of furan rings is 1. The van der Waals surface area contributed by atoms with Gasteiger partial charge in [0.2, 0.25) is 0 Å². The van der Waals surface area contributed by atoms with Crippen molar-refractivity contribution in [3.8, 4) is 5.75 Å². The average molecular weight is 228 g/mol. The molecule has 1 heterocycles. The van der Waals surface area contributed by atoms with Gasteiger partial charge in [-0.1, -0.05) is 18.2 Å². The first-order chi connectivity index (χ1) is 8.22. The number of ether oxygens (including phenoxy) is 1. The largest absolute Gasteiger partial charge is 0.494 e. The third-order valence-corrected chi connectivity index (χ3v) is 2.90. The normalized spacial score (nSPS) is 11.1. The molecule has 0 saturated heterocycles. The Morgan fingerprint density at radius 2 is 1.94 bits per heavy atom. The van der Waals surface area contributed by atoms with E-state index in [1.54, 1.807) is 13.2 Å². The third-order valence-electron chi connectivity index (χ3n) is 2.90. The molecule has 4 nitrogen and oxygen atoms in total. The van der Waals surface area contributed by atoms with Crippen LogP contribution in [0.4, 0.5) is 11.4 Å². The van der Waals surface area contributed by atoms with Crippen molar-refractivity contribution in [2.45, 2.75) is 0 Å². The van der Waals surface area contributed by atoms with Crippen LogP contribution in [0.15, 0.2) is 34.7 Å². The van der Waals surface area contributed by atoms with Crippen LogP contribution >= 0.6 is 0 Å². The maximum atomic E-state index is 6.02. The van der Waals surface area contributed by atoms with E-state index in [1.165, 1.54) is 0 Å². The highest BCUT2D eigenvalue weighted by Crippen LogP contribution is 2.40. The number of nitrogens with two attached hydrogens (primary N) is 2. The first kappa shape index (κ1) is 9.84. The molecular formula is C13H12N2O2. The van der Waals surface area contributed by atoms with Gasteiger partial charge in [-0.15, -0.1) is 0 Å². The minimum Gasteiger partial charge on any atom is -0.494 e. The number of anilines is 2. The van der Waals surface area contributed by atoms with Crippen molar-refractivity contribution in [2.75, 3.05) is 18.6 Å². The second-order valence-corrected chi connectivity index (χ2v) is 3.88. The average Bonchev–Trinajstić information content (AvgIpc) is 2.73. The fourth-order valence-electron chi connectivity index (χ4n) is 2.09. The Kier molecular flexibility index (Phi) is 1.92. The maximum Gasteiger partial charge on any atom is 0.164 e. The standard InChI is InChI=1S/C13H12N2O2/c1-16-10-6-8(14)11-7-4-2-3-5-9(7)17-13(11)12(10)15/h2-6H,14-15H2,1H3. The lowest BCUT2D eigenvalue weighted by Gasteiger charge is -2.06. The van der Waals surface area contributed by atoms with Crippen LogP contribution in [-0.4, -0.2) is 7.11 Å². The Hall–Kier alpha value is -2.36. The van der Waals surface area contributed by atoms with E-state index in [4.69, 9.17) is 20.6 Å². The molecule has 0 atom stereocenters. The molecule has 1 aromatic heterocycles. The lowest BCUT2D eigenvalue weighted by molar-refractivity contribution is 0.417. The summed E-state index contributed by atoms with van der Waals surface area (Å²) in [5.41, 5.74) is 14.4. The van der Waals surface area contributed by atoms with E-state index in [0.29, 0.717) is 22.7 Å². The number of hydrogen-bond donors (Lipinski definition) is 2. The SMILES string of the molecule is COc1cc(N)c2c(oc3ccccc32)c1N. The minimum absolute atomic E-state index is 0.480. The van der Waals surface area contributed by atoms with Gasteiger partial charge in [-0.3, -0.25) is 0 Å². The molecule has 4 heteroatoms. The molecule has 0 aliphatic rings. The summed E-state index contributed by atoms with van der Waals surface area (Å²) in [6.07, 6.45) is 0.